The molecule has 10 nitrogen and oxygen atoms in total. The molecule has 0 saturated heterocycles. The van der Waals surface area contributed by atoms with Gasteiger partial charge in [0.2, 0.25) is 5.28 Å². The molecule has 3 rings (SSSR count). The number of aromatic nitrogens is 7. The van der Waals surface area contributed by atoms with Gasteiger partial charge >= 0.3 is 6.03 Å². The molecule has 0 fully saturated rings. The molecule has 3 heterocycles. The zero-order valence-corrected chi connectivity index (χ0v) is 14.3. The molecule has 0 aliphatic rings. The fourth-order valence-electron chi connectivity index (χ4n) is 1.94. The minimum Gasteiger partial charge on any atom is -0.328 e. The van der Waals surface area contributed by atoms with Crippen LogP contribution in [0.25, 0.3) is 5.95 Å². The van der Waals surface area contributed by atoms with Crippen LogP contribution < -0.4 is 10.6 Å². The lowest BCUT2D eigenvalue weighted by Crippen LogP contribution is -2.33. The number of hydrogen-bond donors (Lipinski definition) is 2. The predicted octanol–water partition coefficient (Wildman–Crippen LogP) is 2.04. The van der Waals surface area contributed by atoms with Gasteiger partial charge in [-0.2, -0.15) is 9.78 Å². The van der Waals surface area contributed by atoms with Gasteiger partial charge in [0.05, 0.1) is 17.9 Å². The molecule has 128 valence electrons. The van der Waals surface area contributed by atoms with Crippen molar-refractivity contribution in [3.63, 3.8) is 0 Å². The summed E-state index contributed by atoms with van der Waals surface area (Å²) in [7, 11) is 0. The molecule has 0 saturated carbocycles. The molecule has 3 aromatic heterocycles. The van der Waals surface area contributed by atoms with E-state index < -0.39 is 12.1 Å². The van der Waals surface area contributed by atoms with Gasteiger partial charge in [-0.3, -0.25) is 0 Å². The molecule has 0 aliphatic heterocycles. The van der Waals surface area contributed by atoms with Gasteiger partial charge in [-0.25, -0.2) is 29.7 Å². The third-order valence-corrected chi connectivity index (χ3v) is 3.48. The van der Waals surface area contributed by atoms with Crippen LogP contribution in [0.15, 0.2) is 31.0 Å². The zero-order chi connectivity index (χ0) is 17.8. The first-order chi connectivity index (χ1) is 12.0. The zero-order valence-electron chi connectivity index (χ0n) is 12.8. The summed E-state index contributed by atoms with van der Waals surface area (Å²) in [5.74, 6) is 0.804. The van der Waals surface area contributed by atoms with E-state index >= 15 is 0 Å². The van der Waals surface area contributed by atoms with Gasteiger partial charge in [0.25, 0.3) is 5.95 Å². The minimum atomic E-state index is -0.524. The molecule has 0 aliphatic carbocycles. The normalized spacial score (nSPS) is 11.8. The van der Waals surface area contributed by atoms with E-state index in [1.807, 2.05) is 0 Å². The number of rotatable bonds is 4. The average Bonchev–Trinajstić information content (AvgIpc) is 3.08. The third-order valence-electron chi connectivity index (χ3n) is 3.01. The molecular weight excluding hydrogens is 369 g/mol. The van der Waals surface area contributed by atoms with E-state index in [4.69, 9.17) is 23.2 Å². The number of urea groups is 1. The quantitative estimate of drug-likeness (QED) is 0.524. The Morgan fingerprint density at radius 3 is 2.68 bits per heavy atom. The lowest BCUT2D eigenvalue weighted by Gasteiger charge is -2.14. The van der Waals surface area contributed by atoms with Crippen LogP contribution in [0.3, 0.4) is 0 Å². The number of anilines is 1. The molecule has 2 N–H and O–H groups in total. The van der Waals surface area contributed by atoms with E-state index in [1.54, 1.807) is 25.4 Å². The molecule has 0 radical (unpaired) electrons. The summed E-state index contributed by atoms with van der Waals surface area (Å²) in [5.41, 5.74) is 0.226. The summed E-state index contributed by atoms with van der Waals surface area (Å²) in [5, 5.41) is 9.34. The van der Waals surface area contributed by atoms with Crippen molar-refractivity contribution >= 4 is 34.9 Å². The standard InChI is InChI=1S/C13H11Cl2N9O/c1-7(10-19-6-20-24(10)12-16-3-2-4-17-12)21-13(25)22-8-5-18-11(15)23-9(8)14/h2-7H,1H3,(H2,21,22,25)/t7-/m0/s1. The Morgan fingerprint density at radius 2 is 1.96 bits per heavy atom. The van der Waals surface area contributed by atoms with Crippen molar-refractivity contribution in [1.29, 1.82) is 0 Å². The lowest BCUT2D eigenvalue weighted by molar-refractivity contribution is 0.248. The van der Waals surface area contributed by atoms with Crippen LogP contribution in [-0.4, -0.2) is 40.7 Å². The number of halogens is 2. The van der Waals surface area contributed by atoms with Crippen LogP contribution >= 0.6 is 23.2 Å². The third kappa shape index (κ3) is 3.98. The van der Waals surface area contributed by atoms with Gasteiger partial charge in [0.1, 0.15) is 6.33 Å². The summed E-state index contributed by atoms with van der Waals surface area (Å²) in [6.07, 6.45) is 5.83. The minimum absolute atomic E-state index is 0.0136. The summed E-state index contributed by atoms with van der Waals surface area (Å²) in [6.45, 7) is 1.74. The molecule has 0 spiro atoms. The van der Waals surface area contributed by atoms with E-state index in [1.165, 1.54) is 17.2 Å². The fraction of sp³-hybridized carbons (Fsp3) is 0.154. The molecule has 0 unspecified atom stereocenters. The van der Waals surface area contributed by atoms with E-state index in [0.29, 0.717) is 11.8 Å². The molecule has 3 aromatic rings. The number of hydrogen-bond acceptors (Lipinski definition) is 7. The van der Waals surface area contributed by atoms with Crippen LogP contribution in [0.4, 0.5) is 10.5 Å². The van der Waals surface area contributed by atoms with E-state index in [9.17, 15) is 4.79 Å². The van der Waals surface area contributed by atoms with Gasteiger partial charge in [-0.05, 0) is 24.6 Å². The van der Waals surface area contributed by atoms with Crippen molar-refractivity contribution in [2.24, 2.45) is 0 Å². The highest BCUT2D eigenvalue weighted by molar-refractivity contribution is 6.34. The van der Waals surface area contributed by atoms with Crippen molar-refractivity contribution in [3.05, 3.63) is 47.2 Å². The van der Waals surface area contributed by atoms with Gasteiger partial charge in [-0.15, -0.1) is 0 Å². The summed E-state index contributed by atoms with van der Waals surface area (Å²) in [4.78, 5) is 32.0. The fourth-order valence-corrected chi connectivity index (χ4v) is 2.30. The average molecular weight is 380 g/mol. The Balaban J connectivity index is 1.71. The van der Waals surface area contributed by atoms with Crippen LogP contribution in [0.5, 0.6) is 0 Å². The maximum atomic E-state index is 12.1. The molecule has 0 aromatic carbocycles. The number of nitrogens with one attached hydrogen (secondary N) is 2. The molecule has 12 heteroatoms. The number of carbonyl (C=O) groups excluding carboxylic acids is 1. The Kier molecular flexibility index (Phi) is 5.00. The molecule has 1 atom stereocenters. The second-order valence-corrected chi connectivity index (χ2v) is 5.44. The highest BCUT2D eigenvalue weighted by atomic mass is 35.5. The molecular formula is C13H11Cl2N9O. The summed E-state index contributed by atoms with van der Waals surface area (Å²) in [6, 6.07) is 0.676. The first-order valence-corrected chi connectivity index (χ1v) is 7.73. The maximum Gasteiger partial charge on any atom is 0.319 e. The highest BCUT2D eigenvalue weighted by Crippen LogP contribution is 2.19. The molecule has 0 bridgehead atoms. The largest absolute Gasteiger partial charge is 0.328 e. The van der Waals surface area contributed by atoms with Gasteiger partial charge < -0.3 is 10.6 Å². The maximum absolute atomic E-state index is 12.1. The van der Waals surface area contributed by atoms with Crippen LogP contribution in [0.2, 0.25) is 10.4 Å². The Bertz CT molecular complexity index is 886. The second-order valence-electron chi connectivity index (χ2n) is 4.74. The van der Waals surface area contributed by atoms with E-state index in [0.717, 1.165) is 0 Å². The Morgan fingerprint density at radius 1 is 1.20 bits per heavy atom. The second kappa shape index (κ2) is 7.36. The molecule has 2 amide bonds. The molecule has 25 heavy (non-hydrogen) atoms. The number of amides is 2. The van der Waals surface area contributed by atoms with Crippen molar-refractivity contribution in [1.82, 2.24) is 40.0 Å². The first kappa shape index (κ1) is 17.0. The number of nitrogens with zero attached hydrogens (tertiary/aromatic N) is 7. The van der Waals surface area contributed by atoms with Crippen molar-refractivity contribution in [2.45, 2.75) is 13.0 Å². The monoisotopic (exact) mass is 379 g/mol. The summed E-state index contributed by atoms with van der Waals surface area (Å²) >= 11 is 11.5. The highest BCUT2D eigenvalue weighted by Gasteiger charge is 2.18. The summed E-state index contributed by atoms with van der Waals surface area (Å²) < 4.78 is 1.43. The predicted molar refractivity (Wildman–Crippen MR) is 89.6 cm³/mol. The van der Waals surface area contributed by atoms with E-state index in [2.05, 4.69) is 40.7 Å². The van der Waals surface area contributed by atoms with Crippen molar-refractivity contribution in [2.75, 3.05) is 5.32 Å². The Hall–Kier alpha value is -2.85. The lowest BCUT2D eigenvalue weighted by atomic mass is 10.3. The first-order valence-electron chi connectivity index (χ1n) is 6.97. The van der Waals surface area contributed by atoms with Crippen molar-refractivity contribution < 1.29 is 4.79 Å². The SMILES string of the molecule is C[C@H](NC(=O)Nc1cnc(Cl)nc1Cl)c1ncnn1-c1ncccn1. The van der Waals surface area contributed by atoms with Crippen LogP contribution in [0, 0.1) is 0 Å². The van der Waals surface area contributed by atoms with Crippen LogP contribution in [0.1, 0.15) is 18.8 Å². The number of carbonyl (C=O) groups is 1. The van der Waals surface area contributed by atoms with Gasteiger partial charge in [0.15, 0.2) is 11.0 Å². The van der Waals surface area contributed by atoms with Gasteiger partial charge in [-0.1, -0.05) is 11.6 Å². The topological polar surface area (TPSA) is 123 Å². The Labute approximate surface area is 151 Å². The van der Waals surface area contributed by atoms with Gasteiger partial charge in [0, 0.05) is 12.4 Å². The van der Waals surface area contributed by atoms with Crippen molar-refractivity contribution in [3.8, 4) is 5.95 Å². The van der Waals surface area contributed by atoms with Crippen LogP contribution in [-0.2, 0) is 0 Å². The van der Waals surface area contributed by atoms with E-state index in [-0.39, 0.29) is 16.1 Å². The smallest absolute Gasteiger partial charge is 0.319 e.